The third-order valence-corrected chi connectivity index (χ3v) is 12.2. The number of β-amino-alcohol motifs (C(OH)–C–C–N with tert-alkyl or cyclic N) is 1. The SMILES string of the molecule is CC(C)(C)NCC(O)c1ccc(O)c(CO)c1.CC(C)(O)c1ccccc1CC[C@@H](SCC1(CC(=O)O)CC1)c1cccc(/C=C/c2ccc3ccc(Cl)cc3n2)c1. The van der Waals surface area contributed by atoms with Crippen molar-refractivity contribution in [2.24, 2.45) is 5.41 Å². The van der Waals surface area contributed by atoms with Gasteiger partial charge in [-0.15, -0.1) is 0 Å². The number of benzene rings is 4. The standard InChI is InChI=1S/C35H36ClNO3S.C13H21NO3/c1-34(2,40)30-9-4-3-7-25(30)13-17-32(41-23-35(18-19-35)22-33(38)39)27-8-5-6-24(20-27)10-15-29-16-12-26-11-14-28(36)21-31(26)37-29;1-13(2,3)14-7-12(17)9-4-5-11(16)10(6-9)8-15/h3-12,14-16,20-21,32,40H,13,17-19,22-23H2,1-2H3,(H,38,39);4-6,12,14-17H,7-8H2,1-3H3/b15-10+;/t32-;/m1./s1. The van der Waals surface area contributed by atoms with Crippen LogP contribution in [0.1, 0.15) is 111 Å². The van der Waals surface area contributed by atoms with E-state index in [1.165, 1.54) is 11.6 Å². The van der Waals surface area contributed by atoms with Crippen LogP contribution in [-0.2, 0) is 23.4 Å². The normalized spacial score (nSPS) is 14.8. The minimum atomic E-state index is -0.911. The van der Waals surface area contributed by atoms with Crippen LogP contribution in [0.4, 0.5) is 0 Å². The number of carboxylic acids is 1. The number of nitrogens with zero attached hydrogens (tertiary/aromatic N) is 1. The lowest BCUT2D eigenvalue weighted by atomic mass is 9.90. The molecule has 5 aromatic rings. The number of aliphatic hydroxyl groups is 3. The Kier molecular flexibility index (Phi) is 15.2. The Labute approximate surface area is 352 Å². The lowest BCUT2D eigenvalue weighted by Gasteiger charge is -2.24. The first-order chi connectivity index (χ1) is 27.4. The van der Waals surface area contributed by atoms with Crippen LogP contribution in [0.5, 0.6) is 5.75 Å². The van der Waals surface area contributed by atoms with E-state index in [1.54, 1.807) is 12.1 Å². The maximum atomic E-state index is 11.5. The molecular formula is C48H57ClN2O6S. The van der Waals surface area contributed by atoms with Gasteiger partial charge in [-0.1, -0.05) is 84.4 Å². The fraction of sp³-hybridized carbons (Fsp3) is 0.375. The summed E-state index contributed by atoms with van der Waals surface area (Å²) < 4.78 is 0. The Morgan fingerprint density at radius 1 is 0.914 bits per heavy atom. The van der Waals surface area contributed by atoms with Crippen molar-refractivity contribution in [2.75, 3.05) is 12.3 Å². The summed E-state index contributed by atoms with van der Waals surface area (Å²) in [5.41, 5.74) is 6.21. The summed E-state index contributed by atoms with van der Waals surface area (Å²) in [6.07, 6.45) is 7.36. The largest absolute Gasteiger partial charge is 0.508 e. The van der Waals surface area contributed by atoms with Gasteiger partial charge in [0.15, 0.2) is 0 Å². The number of hydrogen-bond acceptors (Lipinski definition) is 8. The Morgan fingerprint density at radius 2 is 1.66 bits per heavy atom. The molecule has 10 heteroatoms. The van der Waals surface area contributed by atoms with Gasteiger partial charge in [-0.2, -0.15) is 11.8 Å². The van der Waals surface area contributed by atoms with E-state index < -0.39 is 17.7 Å². The fourth-order valence-corrected chi connectivity index (χ4v) is 8.55. The van der Waals surface area contributed by atoms with Crippen molar-refractivity contribution in [1.82, 2.24) is 10.3 Å². The van der Waals surface area contributed by atoms with Crippen molar-refractivity contribution in [3.63, 3.8) is 0 Å². The maximum Gasteiger partial charge on any atom is 0.303 e. The van der Waals surface area contributed by atoms with E-state index in [2.05, 4.69) is 47.8 Å². The summed E-state index contributed by atoms with van der Waals surface area (Å²) in [6, 6.07) is 31.2. The molecule has 1 aliphatic rings. The predicted octanol–water partition coefficient (Wildman–Crippen LogP) is 10.3. The molecule has 6 N–H and O–H groups in total. The summed E-state index contributed by atoms with van der Waals surface area (Å²) in [6.45, 7) is 9.92. The lowest BCUT2D eigenvalue weighted by Crippen LogP contribution is -2.38. The molecular weight excluding hydrogens is 768 g/mol. The van der Waals surface area contributed by atoms with Gasteiger partial charge < -0.3 is 30.8 Å². The molecule has 1 aromatic heterocycles. The second-order valence-electron chi connectivity index (χ2n) is 16.9. The zero-order valence-corrected chi connectivity index (χ0v) is 35.7. The smallest absolute Gasteiger partial charge is 0.303 e. The van der Waals surface area contributed by atoms with Gasteiger partial charge in [-0.3, -0.25) is 4.79 Å². The number of aromatic nitrogens is 1. The topological polar surface area (TPSA) is 143 Å². The summed E-state index contributed by atoms with van der Waals surface area (Å²) in [4.78, 5) is 16.2. The quantitative estimate of drug-likeness (QED) is 0.0573. The minimum absolute atomic E-state index is 0.0484. The molecule has 6 rings (SSSR count). The molecule has 0 saturated heterocycles. The number of aliphatic hydroxyl groups excluding tert-OH is 2. The highest BCUT2D eigenvalue weighted by atomic mass is 35.5. The highest BCUT2D eigenvalue weighted by Crippen LogP contribution is 2.53. The number of aromatic hydroxyl groups is 1. The summed E-state index contributed by atoms with van der Waals surface area (Å²) in [7, 11) is 0. The molecule has 308 valence electrons. The molecule has 58 heavy (non-hydrogen) atoms. The van der Waals surface area contributed by atoms with Crippen LogP contribution in [0, 0.1) is 5.41 Å². The molecule has 1 heterocycles. The van der Waals surface area contributed by atoms with Crippen molar-refractivity contribution in [2.45, 2.75) is 95.8 Å². The molecule has 2 atom stereocenters. The van der Waals surface area contributed by atoms with Crippen LogP contribution < -0.4 is 5.32 Å². The molecule has 0 amide bonds. The van der Waals surface area contributed by atoms with Crippen LogP contribution in [0.25, 0.3) is 23.1 Å². The van der Waals surface area contributed by atoms with E-state index in [0.29, 0.717) is 22.7 Å². The van der Waals surface area contributed by atoms with E-state index in [9.17, 15) is 25.2 Å². The van der Waals surface area contributed by atoms with Crippen LogP contribution in [0.3, 0.4) is 0 Å². The second-order valence-corrected chi connectivity index (χ2v) is 18.5. The maximum absolute atomic E-state index is 11.5. The number of carbonyl (C=O) groups is 1. The van der Waals surface area contributed by atoms with Crippen LogP contribution in [0.15, 0.2) is 97.1 Å². The van der Waals surface area contributed by atoms with Crippen molar-refractivity contribution in [1.29, 1.82) is 0 Å². The molecule has 1 unspecified atom stereocenters. The number of aryl methyl sites for hydroxylation is 1. The van der Waals surface area contributed by atoms with Gasteiger partial charge in [0.2, 0.25) is 0 Å². The Morgan fingerprint density at radius 3 is 2.34 bits per heavy atom. The number of halogens is 1. The minimum Gasteiger partial charge on any atom is -0.508 e. The zero-order chi connectivity index (χ0) is 42.1. The second kappa shape index (κ2) is 19.7. The van der Waals surface area contributed by atoms with E-state index >= 15 is 0 Å². The first kappa shape index (κ1) is 44.9. The highest BCUT2D eigenvalue weighted by Gasteiger charge is 2.44. The number of fused-ring (bicyclic) bond motifs is 1. The first-order valence-corrected chi connectivity index (χ1v) is 21.2. The summed E-state index contributed by atoms with van der Waals surface area (Å²) in [5.74, 6) is 0.170. The molecule has 0 bridgehead atoms. The van der Waals surface area contributed by atoms with Crippen LogP contribution >= 0.6 is 23.4 Å². The molecule has 0 aliphatic heterocycles. The molecule has 8 nitrogen and oxygen atoms in total. The van der Waals surface area contributed by atoms with E-state index in [4.69, 9.17) is 21.7 Å². The van der Waals surface area contributed by atoms with E-state index in [1.807, 2.05) is 94.9 Å². The molecule has 1 aliphatic carbocycles. The number of aliphatic carboxylic acids is 1. The van der Waals surface area contributed by atoms with Crippen molar-refractivity contribution >= 4 is 52.4 Å². The van der Waals surface area contributed by atoms with Crippen LogP contribution in [0.2, 0.25) is 5.02 Å². The van der Waals surface area contributed by atoms with Gasteiger partial charge >= 0.3 is 5.97 Å². The number of carboxylic acid groups (broad SMARTS) is 1. The average molecular weight is 826 g/mol. The highest BCUT2D eigenvalue weighted by molar-refractivity contribution is 7.99. The molecule has 0 radical (unpaired) electrons. The molecule has 1 fully saturated rings. The molecule has 1 saturated carbocycles. The zero-order valence-electron chi connectivity index (χ0n) is 34.1. The Bertz CT molecular complexity index is 2190. The third kappa shape index (κ3) is 13.4. The number of thioether (sulfide) groups is 1. The van der Waals surface area contributed by atoms with Crippen molar-refractivity contribution in [3.8, 4) is 5.75 Å². The van der Waals surface area contributed by atoms with Gasteiger partial charge in [0.25, 0.3) is 0 Å². The van der Waals surface area contributed by atoms with Gasteiger partial charge in [0, 0.05) is 39.1 Å². The lowest BCUT2D eigenvalue weighted by molar-refractivity contribution is -0.138. The number of phenols is 1. The van der Waals surface area contributed by atoms with Gasteiger partial charge in [0.1, 0.15) is 5.75 Å². The van der Waals surface area contributed by atoms with Gasteiger partial charge in [0.05, 0.1) is 35.9 Å². The van der Waals surface area contributed by atoms with Crippen molar-refractivity contribution < 1.29 is 30.3 Å². The number of nitrogens with one attached hydrogen (secondary N) is 1. The van der Waals surface area contributed by atoms with Crippen LogP contribution in [-0.4, -0.2) is 54.3 Å². The Balaban J connectivity index is 0.000000316. The number of hydrogen-bond donors (Lipinski definition) is 6. The molecule has 0 spiro atoms. The van der Waals surface area contributed by atoms with Gasteiger partial charge in [-0.25, -0.2) is 4.98 Å². The van der Waals surface area contributed by atoms with Crippen molar-refractivity contribution in [3.05, 3.63) is 141 Å². The first-order valence-electron chi connectivity index (χ1n) is 19.8. The summed E-state index contributed by atoms with van der Waals surface area (Å²) in [5, 5.41) is 53.7. The van der Waals surface area contributed by atoms with E-state index in [0.717, 1.165) is 64.7 Å². The van der Waals surface area contributed by atoms with E-state index in [-0.39, 0.29) is 35.0 Å². The Hall–Kier alpha value is -4.22. The average Bonchev–Trinajstić information content (AvgIpc) is 3.94. The third-order valence-electron chi connectivity index (χ3n) is 10.3. The molecule has 4 aromatic carbocycles. The number of pyridine rings is 1. The number of rotatable bonds is 16. The predicted molar refractivity (Wildman–Crippen MR) is 238 cm³/mol. The fourth-order valence-electron chi connectivity index (χ4n) is 6.82. The van der Waals surface area contributed by atoms with Gasteiger partial charge in [-0.05, 0) is 130 Å². The summed E-state index contributed by atoms with van der Waals surface area (Å²) >= 11 is 8.04. The monoisotopic (exact) mass is 824 g/mol.